The minimum absolute atomic E-state index is 0.00472. The third-order valence-electron chi connectivity index (χ3n) is 2.80. The summed E-state index contributed by atoms with van der Waals surface area (Å²) < 4.78 is 23.3. The fourth-order valence-electron chi connectivity index (χ4n) is 1.69. The van der Waals surface area contributed by atoms with Crippen molar-refractivity contribution in [3.05, 3.63) is 53.8 Å². The van der Waals surface area contributed by atoms with Crippen LogP contribution in [0.4, 0.5) is 4.39 Å². The number of nitrogens with zero attached hydrogens (tertiary/aromatic N) is 1. The summed E-state index contributed by atoms with van der Waals surface area (Å²) in [5.41, 5.74) is 2.87. The SMILES string of the molecule is COc1cc(/C=N/NC(=O)COc2ccccc2F)ccc1O. The smallest absolute Gasteiger partial charge is 0.277 e. The van der Waals surface area contributed by atoms with E-state index in [0.29, 0.717) is 11.3 Å². The van der Waals surface area contributed by atoms with Gasteiger partial charge in [-0.25, -0.2) is 9.82 Å². The summed E-state index contributed by atoms with van der Waals surface area (Å²) in [6, 6.07) is 10.4. The van der Waals surface area contributed by atoms with Crippen molar-refractivity contribution in [2.75, 3.05) is 13.7 Å². The number of methoxy groups -OCH3 is 1. The lowest BCUT2D eigenvalue weighted by Gasteiger charge is -2.05. The highest BCUT2D eigenvalue weighted by atomic mass is 19.1. The molecule has 0 radical (unpaired) electrons. The first-order valence-corrected chi connectivity index (χ1v) is 6.66. The number of carbonyl (C=O) groups is 1. The standard InChI is InChI=1S/C16H15FN2O4/c1-22-15-8-11(6-7-13(15)20)9-18-19-16(21)10-23-14-5-3-2-4-12(14)17/h2-9,20H,10H2,1H3,(H,19,21)/b18-9+. The maximum absolute atomic E-state index is 13.3. The van der Waals surface area contributed by atoms with Gasteiger partial charge in [0.15, 0.2) is 29.7 Å². The number of rotatable bonds is 6. The highest BCUT2D eigenvalue weighted by Crippen LogP contribution is 2.25. The summed E-state index contributed by atoms with van der Waals surface area (Å²) in [6.07, 6.45) is 1.38. The fourth-order valence-corrected chi connectivity index (χ4v) is 1.69. The van der Waals surface area contributed by atoms with E-state index < -0.39 is 11.7 Å². The van der Waals surface area contributed by atoms with E-state index in [2.05, 4.69) is 10.5 Å². The van der Waals surface area contributed by atoms with E-state index in [9.17, 15) is 14.3 Å². The number of phenols is 1. The summed E-state index contributed by atoms with van der Waals surface area (Å²) in [5, 5.41) is 13.2. The molecular weight excluding hydrogens is 303 g/mol. The van der Waals surface area contributed by atoms with Gasteiger partial charge in [-0.3, -0.25) is 4.79 Å². The molecule has 0 fully saturated rings. The molecule has 6 nitrogen and oxygen atoms in total. The van der Waals surface area contributed by atoms with Crippen LogP contribution in [0, 0.1) is 5.82 Å². The van der Waals surface area contributed by atoms with E-state index in [1.54, 1.807) is 18.2 Å². The van der Waals surface area contributed by atoms with Crippen molar-refractivity contribution in [3.63, 3.8) is 0 Å². The molecule has 0 atom stereocenters. The number of hydrogen-bond acceptors (Lipinski definition) is 5. The molecule has 120 valence electrons. The molecule has 0 aliphatic heterocycles. The Morgan fingerprint density at radius 3 is 2.83 bits per heavy atom. The molecule has 0 bridgehead atoms. The summed E-state index contributed by atoms with van der Waals surface area (Å²) in [7, 11) is 1.43. The summed E-state index contributed by atoms with van der Waals surface area (Å²) >= 11 is 0. The number of hydrazone groups is 1. The summed E-state index contributed by atoms with van der Waals surface area (Å²) in [6.45, 7) is -0.364. The van der Waals surface area contributed by atoms with E-state index in [4.69, 9.17) is 9.47 Å². The quantitative estimate of drug-likeness (QED) is 0.631. The molecule has 0 aliphatic carbocycles. The second-order valence-corrected chi connectivity index (χ2v) is 4.44. The Balaban J connectivity index is 1.85. The van der Waals surface area contributed by atoms with Gasteiger partial charge in [-0.2, -0.15) is 5.10 Å². The van der Waals surface area contributed by atoms with Crippen LogP contribution in [0.5, 0.6) is 17.2 Å². The number of amides is 1. The Kier molecular flexibility index (Phi) is 5.51. The van der Waals surface area contributed by atoms with Crippen LogP contribution in [-0.2, 0) is 4.79 Å². The largest absolute Gasteiger partial charge is 0.504 e. The third-order valence-corrected chi connectivity index (χ3v) is 2.80. The average molecular weight is 318 g/mol. The highest BCUT2D eigenvalue weighted by molar-refractivity contribution is 5.83. The molecule has 0 saturated heterocycles. The van der Waals surface area contributed by atoms with Gasteiger partial charge in [0, 0.05) is 0 Å². The van der Waals surface area contributed by atoms with Gasteiger partial charge in [0.25, 0.3) is 5.91 Å². The van der Waals surface area contributed by atoms with Gasteiger partial charge in [-0.1, -0.05) is 12.1 Å². The predicted octanol–water partition coefficient (Wildman–Crippen LogP) is 2.07. The molecule has 0 spiro atoms. The van der Waals surface area contributed by atoms with Crippen LogP contribution in [-0.4, -0.2) is 30.9 Å². The van der Waals surface area contributed by atoms with Gasteiger partial charge in [-0.15, -0.1) is 0 Å². The Morgan fingerprint density at radius 1 is 1.30 bits per heavy atom. The first-order valence-electron chi connectivity index (χ1n) is 6.66. The lowest BCUT2D eigenvalue weighted by atomic mass is 10.2. The topological polar surface area (TPSA) is 80.2 Å². The van der Waals surface area contributed by atoms with Crippen LogP contribution in [0.2, 0.25) is 0 Å². The molecular formula is C16H15FN2O4. The number of benzene rings is 2. The number of ether oxygens (including phenoxy) is 2. The van der Waals surface area contributed by atoms with Crippen molar-refractivity contribution in [3.8, 4) is 17.2 Å². The van der Waals surface area contributed by atoms with Crippen LogP contribution in [0.3, 0.4) is 0 Å². The summed E-state index contributed by atoms with van der Waals surface area (Å²) in [5.74, 6) is -0.778. The molecule has 0 aromatic heterocycles. The average Bonchev–Trinajstić information content (AvgIpc) is 2.55. The Bertz CT molecular complexity index is 719. The van der Waals surface area contributed by atoms with Crippen LogP contribution < -0.4 is 14.9 Å². The van der Waals surface area contributed by atoms with Gasteiger partial charge in [0.1, 0.15) is 0 Å². The molecule has 0 heterocycles. The number of hydrogen-bond donors (Lipinski definition) is 2. The molecule has 2 aromatic rings. The van der Waals surface area contributed by atoms with Gasteiger partial charge in [0.05, 0.1) is 13.3 Å². The lowest BCUT2D eigenvalue weighted by molar-refractivity contribution is -0.123. The third kappa shape index (κ3) is 4.70. The van der Waals surface area contributed by atoms with Crippen LogP contribution >= 0.6 is 0 Å². The number of para-hydroxylation sites is 1. The first-order chi connectivity index (χ1) is 11.1. The molecule has 0 aliphatic rings. The maximum atomic E-state index is 13.3. The molecule has 1 amide bonds. The summed E-state index contributed by atoms with van der Waals surface area (Å²) in [4.78, 5) is 11.6. The van der Waals surface area contributed by atoms with Crippen LogP contribution in [0.25, 0.3) is 0 Å². The zero-order valence-corrected chi connectivity index (χ0v) is 12.3. The molecule has 2 rings (SSSR count). The molecule has 2 N–H and O–H groups in total. The number of nitrogens with one attached hydrogen (secondary N) is 1. The first kappa shape index (κ1) is 16.3. The number of phenolic OH excluding ortho intramolecular Hbond substituents is 1. The van der Waals surface area contributed by atoms with Crippen molar-refractivity contribution >= 4 is 12.1 Å². The van der Waals surface area contributed by atoms with Gasteiger partial charge in [0.2, 0.25) is 0 Å². The second-order valence-electron chi connectivity index (χ2n) is 4.44. The van der Waals surface area contributed by atoms with Gasteiger partial charge < -0.3 is 14.6 Å². The molecule has 23 heavy (non-hydrogen) atoms. The lowest BCUT2D eigenvalue weighted by Crippen LogP contribution is -2.24. The van der Waals surface area contributed by atoms with Crippen LogP contribution in [0.1, 0.15) is 5.56 Å². The number of halogens is 1. The zero-order valence-electron chi connectivity index (χ0n) is 12.3. The minimum atomic E-state index is -0.542. The zero-order chi connectivity index (χ0) is 16.7. The molecule has 0 unspecified atom stereocenters. The van der Waals surface area contributed by atoms with Crippen molar-refractivity contribution < 1.29 is 23.8 Å². The van der Waals surface area contributed by atoms with Crippen LogP contribution in [0.15, 0.2) is 47.6 Å². The maximum Gasteiger partial charge on any atom is 0.277 e. The molecule has 2 aromatic carbocycles. The minimum Gasteiger partial charge on any atom is -0.504 e. The van der Waals surface area contributed by atoms with Crippen molar-refractivity contribution in [1.82, 2.24) is 5.43 Å². The normalized spacial score (nSPS) is 10.5. The number of aromatic hydroxyl groups is 1. The van der Waals surface area contributed by atoms with E-state index in [1.165, 1.54) is 37.6 Å². The van der Waals surface area contributed by atoms with Gasteiger partial charge >= 0.3 is 0 Å². The predicted molar refractivity (Wildman–Crippen MR) is 82.3 cm³/mol. The van der Waals surface area contributed by atoms with Crippen molar-refractivity contribution in [2.45, 2.75) is 0 Å². The molecule has 7 heteroatoms. The van der Waals surface area contributed by atoms with E-state index in [-0.39, 0.29) is 18.1 Å². The Hall–Kier alpha value is -3.09. The Morgan fingerprint density at radius 2 is 2.09 bits per heavy atom. The molecule has 0 saturated carbocycles. The van der Waals surface area contributed by atoms with E-state index in [0.717, 1.165) is 0 Å². The van der Waals surface area contributed by atoms with E-state index in [1.807, 2.05) is 0 Å². The number of carbonyl (C=O) groups excluding carboxylic acids is 1. The van der Waals surface area contributed by atoms with E-state index >= 15 is 0 Å². The second kappa shape index (κ2) is 7.79. The fraction of sp³-hybridized carbons (Fsp3) is 0.125. The van der Waals surface area contributed by atoms with Crippen molar-refractivity contribution in [1.29, 1.82) is 0 Å². The monoisotopic (exact) mass is 318 g/mol. The Labute approximate surface area is 132 Å². The highest BCUT2D eigenvalue weighted by Gasteiger charge is 2.05. The van der Waals surface area contributed by atoms with Gasteiger partial charge in [-0.05, 0) is 35.9 Å². The van der Waals surface area contributed by atoms with Crippen molar-refractivity contribution in [2.24, 2.45) is 5.10 Å².